The van der Waals surface area contributed by atoms with E-state index in [0.29, 0.717) is 12.4 Å². The van der Waals surface area contributed by atoms with E-state index in [9.17, 15) is 10.2 Å². The largest absolute Gasteiger partial charge is 0.508 e. The van der Waals surface area contributed by atoms with Crippen molar-refractivity contribution in [1.29, 1.82) is 0 Å². The van der Waals surface area contributed by atoms with Crippen molar-refractivity contribution in [2.75, 3.05) is 26.2 Å². The minimum Gasteiger partial charge on any atom is -0.508 e. The third-order valence-electron chi connectivity index (χ3n) is 5.29. The fourth-order valence-electron chi connectivity index (χ4n) is 3.47. The number of ether oxygens (including phenoxy) is 1. The quantitative estimate of drug-likeness (QED) is 0.833. The summed E-state index contributed by atoms with van der Waals surface area (Å²) in [6.45, 7) is 7.18. The molecule has 2 aromatic carbocycles. The SMILES string of the molecule is Cc1ccc(CC2(O)CCN(CCOc3ccc(O)c(C)c3)CC2)cc1. The van der Waals surface area contributed by atoms with Crippen LogP contribution in [0.4, 0.5) is 0 Å². The molecule has 26 heavy (non-hydrogen) atoms. The van der Waals surface area contributed by atoms with Crippen LogP contribution >= 0.6 is 0 Å². The van der Waals surface area contributed by atoms with Gasteiger partial charge in [0.15, 0.2) is 0 Å². The number of aromatic hydroxyl groups is 1. The van der Waals surface area contributed by atoms with Crippen LogP contribution < -0.4 is 4.74 Å². The summed E-state index contributed by atoms with van der Waals surface area (Å²) in [5.74, 6) is 1.08. The number of likely N-dealkylation sites (tertiary alicyclic amines) is 1. The van der Waals surface area contributed by atoms with Crippen molar-refractivity contribution in [2.24, 2.45) is 0 Å². The van der Waals surface area contributed by atoms with Gasteiger partial charge in [-0.1, -0.05) is 29.8 Å². The van der Waals surface area contributed by atoms with Crippen LogP contribution in [0.1, 0.15) is 29.5 Å². The lowest BCUT2D eigenvalue weighted by Crippen LogP contribution is -2.46. The zero-order chi connectivity index (χ0) is 18.6. The normalized spacial score (nSPS) is 17.2. The zero-order valence-electron chi connectivity index (χ0n) is 15.7. The first-order chi connectivity index (χ1) is 12.4. The molecular formula is C22H29NO3. The Bertz CT molecular complexity index is 719. The molecule has 140 valence electrons. The van der Waals surface area contributed by atoms with E-state index >= 15 is 0 Å². The number of aryl methyl sites for hydroxylation is 2. The van der Waals surface area contributed by atoms with E-state index < -0.39 is 5.60 Å². The van der Waals surface area contributed by atoms with Gasteiger partial charge in [0.1, 0.15) is 18.1 Å². The van der Waals surface area contributed by atoms with Gasteiger partial charge in [0.05, 0.1) is 5.60 Å². The topological polar surface area (TPSA) is 52.9 Å². The Hall–Kier alpha value is -2.04. The number of nitrogens with zero attached hydrogens (tertiary/aromatic N) is 1. The van der Waals surface area contributed by atoms with Crippen molar-refractivity contribution >= 4 is 0 Å². The molecule has 0 aromatic heterocycles. The molecule has 1 saturated heterocycles. The highest BCUT2D eigenvalue weighted by molar-refractivity contribution is 5.38. The van der Waals surface area contributed by atoms with Gasteiger partial charge in [-0.05, 0) is 56.0 Å². The molecule has 0 saturated carbocycles. The molecule has 1 aliphatic rings. The molecule has 0 bridgehead atoms. The van der Waals surface area contributed by atoms with Gasteiger partial charge in [-0.2, -0.15) is 0 Å². The Labute approximate surface area is 156 Å². The Morgan fingerprint density at radius 1 is 1.04 bits per heavy atom. The first-order valence-corrected chi connectivity index (χ1v) is 9.36. The molecule has 1 fully saturated rings. The molecule has 0 radical (unpaired) electrons. The van der Waals surface area contributed by atoms with Gasteiger partial charge >= 0.3 is 0 Å². The minimum atomic E-state index is -0.597. The Morgan fingerprint density at radius 2 is 1.73 bits per heavy atom. The molecule has 4 heteroatoms. The fraction of sp³-hybridized carbons (Fsp3) is 0.455. The molecule has 0 unspecified atom stereocenters. The molecule has 4 nitrogen and oxygen atoms in total. The van der Waals surface area contributed by atoms with E-state index in [0.717, 1.165) is 50.2 Å². The maximum Gasteiger partial charge on any atom is 0.119 e. The number of rotatable bonds is 6. The van der Waals surface area contributed by atoms with Crippen LogP contribution in [-0.4, -0.2) is 47.0 Å². The highest BCUT2D eigenvalue weighted by Crippen LogP contribution is 2.27. The predicted octanol–water partition coefficient (Wildman–Crippen LogP) is 3.46. The first-order valence-electron chi connectivity index (χ1n) is 9.36. The second kappa shape index (κ2) is 8.11. The van der Waals surface area contributed by atoms with Gasteiger partial charge in [-0.15, -0.1) is 0 Å². The van der Waals surface area contributed by atoms with Gasteiger partial charge < -0.3 is 14.9 Å². The van der Waals surface area contributed by atoms with Gasteiger partial charge in [-0.3, -0.25) is 4.90 Å². The third kappa shape index (κ3) is 4.99. The standard InChI is InChI=1S/C22H29NO3/c1-17-3-5-19(6-4-17)16-22(25)9-11-23(12-10-22)13-14-26-20-7-8-21(24)18(2)15-20/h3-8,15,24-25H,9-14,16H2,1-2H3. The highest BCUT2D eigenvalue weighted by Gasteiger charge is 2.32. The molecule has 2 aromatic rings. The number of phenolic OH excluding ortho intramolecular Hbond substituents is 1. The third-order valence-corrected chi connectivity index (χ3v) is 5.29. The van der Waals surface area contributed by atoms with Crippen molar-refractivity contribution in [2.45, 2.75) is 38.7 Å². The van der Waals surface area contributed by atoms with Crippen LogP contribution in [-0.2, 0) is 6.42 Å². The van der Waals surface area contributed by atoms with Gasteiger partial charge in [0.2, 0.25) is 0 Å². The number of hydrogen-bond donors (Lipinski definition) is 2. The number of aliphatic hydroxyl groups is 1. The molecular weight excluding hydrogens is 326 g/mol. The number of phenols is 1. The molecule has 3 rings (SSSR count). The summed E-state index contributed by atoms with van der Waals surface area (Å²) >= 11 is 0. The van der Waals surface area contributed by atoms with Crippen LogP contribution in [0.2, 0.25) is 0 Å². The van der Waals surface area contributed by atoms with E-state index in [-0.39, 0.29) is 0 Å². The lowest BCUT2D eigenvalue weighted by atomic mass is 9.85. The van der Waals surface area contributed by atoms with Crippen LogP contribution in [0.5, 0.6) is 11.5 Å². The van der Waals surface area contributed by atoms with Crippen LogP contribution in [0.15, 0.2) is 42.5 Å². The van der Waals surface area contributed by atoms with Gasteiger partial charge in [0, 0.05) is 26.1 Å². The highest BCUT2D eigenvalue weighted by atomic mass is 16.5. The van der Waals surface area contributed by atoms with Crippen LogP contribution in [0, 0.1) is 13.8 Å². The van der Waals surface area contributed by atoms with Crippen molar-refractivity contribution < 1.29 is 14.9 Å². The van der Waals surface area contributed by atoms with Crippen molar-refractivity contribution in [3.8, 4) is 11.5 Å². The van der Waals surface area contributed by atoms with E-state index in [1.807, 2.05) is 13.0 Å². The molecule has 1 heterocycles. The fourth-order valence-corrected chi connectivity index (χ4v) is 3.47. The average molecular weight is 355 g/mol. The van der Waals surface area contributed by atoms with Gasteiger partial charge in [-0.25, -0.2) is 0 Å². The number of piperidine rings is 1. The molecule has 1 aliphatic heterocycles. The van der Waals surface area contributed by atoms with Crippen molar-refractivity contribution in [1.82, 2.24) is 4.90 Å². The molecule has 2 N–H and O–H groups in total. The second-order valence-electron chi connectivity index (χ2n) is 7.53. The maximum absolute atomic E-state index is 10.9. The van der Waals surface area contributed by atoms with Crippen molar-refractivity contribution in [3.63, 3.8) is 0 Å². The zero-order valence-corrected chi connectivity index (χ0v) is 15.7. The maximum atomic E-state index is 10.9. The second-order valence-corrected chi connectivity index (χ2v) is 7.53. The summed E-state index contributed by atoms with van der Waals surface area (Å²) in [5, 5.41) is 20.4. The molecule has 0 aliphatic carbocycles. The minimum absolute atomic E-state index is 0.293. The van der Waals surface area contributed by atoms with Crippen LogP contribution in [0.3, 0.4) is 0 Å². The van der Waals surface area contributed by atoms with Crippen LogP contribution in [0.25, 0.3) is 0 Å². The number of hydrogen-bond acceptors (Lipinski definition) is 4. The van der Waals surface area contributed by atoms with E-state index in [1.165, 1.54) is 11.1 Å². The van der Waals surface area contributed by atoms with E-state index in [4.69, 9.17) is 4.74 Å². The van der Waals surface area contributed by atoms with E-state index in [1.54, 1.807) is 12.1 Å². The summed E-state index contributed by atoms with van der Waals surface area (Å²) in [6.07, 6.45) is 2.31. The van der Waals surface area contributed by atoms with Crippen molar-refractivity contribution in [3.05, 3.63) is 59.2 Å². The van der Waals surface area contributed by atoms with E-state index in [2.05, 4.69) is 36.1 Å². The smallest absolute Gasteiger partial charge is 0.119 e. The monoisotopic (exact) mass is 355 g/mol. The summed E-state index contributed by atoms with van der Waals surface area (Å²) in [5.41, 5.74) is 2.68. The Balaban J connectivity index is 1.43. The average Bonchev–Trinajstić information content (AvgIpc) is 2.62. The Morgan fingerprint density at radius 3 is 2.38 bits per heavy atom. The lowest BCUT2D eigenvalue weighted by Gasteiger charge is -2.38. The summed E-state index contributed by atoms with van der Waals surface area (Å²) in [7, 11) is 0. The molecule has 0 amide bonds. The summed E-state index contributed by atoms with van der Waals surface area (Å²) in [6, 6.07) is 13.8. The summed E-state index contributed by atoms with van der Waals surface area (Å²) < 4.78 is 5.79. The molecule has 0 spiro atoms. The number of benzene rings is 2. The van der Waals surface area contributed by atoms with Gasteiger partial charge in [0.25, 0.3) is 0 Å². The lowest BCUT2D eigenvalue weighted by molar-refractivity contribution is -0.0226. The Kier molecular flexibility index (Phi) is 5.84. The summed E-state index contributed by atoms with van der Waals surface area (Å²) in [4.78, 5) is 2.34. The first kappa shape index (κ1) is 18.7. The predicted molar refractivity (Wildman–Crippen MR) is 104 cm³/mol. The molecule has 0 atom stereocenters.